The Labute approximate surface area is 228 Å². The number of hydrogen-bond donors (Lipinski definition) is 2. The van der Waals surface area contributed by atoms with E-state index in [9.17, 15) is 27.6 Å². The van der Waals surface area contributed by atoms with Gasteiger partial charge in [-0.2, -0.15) is 23.5 Å². The molecule has 0 radical (unpaired) electrons. The van der Waals surface area contributed by atoms with Gasteiger partial charge < -0.3 is 10.6 Å². The second kappa shape index (κ2) is 10.9. The van der Waals surface area contributed by atoms with Crippen molar-refractivity contribution >= 4 is 11.6 Å². The molecular weight excluding hydrogens is 522 g/mol. The summed E-state index contributed by atoms with van der Waals surface area (Å²) in [4.78, 5) is 13.3. The Morgan fingerprint density at radius 3 is 2.52 bits per heavy atom. The smallest absolute Gasteiger partial charge is 0.318 e. The van der Waals surface area contributed by atoms with Crippen molar-refractivity contribution in [1.82, 2.24) is 15.1 Å². The molecule has 1 heterocycles. The number of carbonyl (C=O) groups is 1. The average molecular weight is 548 g/mol. The van der Waals surface area contributed by atoms with E-state index in [-0.39, 0.29) is 23.0 Å². The summed E-state index contributed by atoms with van der Waals surface area (Å²) >= 11 is 0. The molecule has 40 heavy (non-hydrogen) atoms. The number of hydrogen-bond acceptors (Lipinski definition) is 4. The number of aromatic nitrogens is 2. The third-order valence-corrected chi connectivity index (χ3v) is 6.71. The summed E-state index contributed by atoms with van der Waals surface area (Å²) in [5.74, 6) is -1.15. The molecule has 1 saturated carbocycles. The SMILES string of the molecule is Cc1cccc(C(NCC2CC2)c2ccc(F)c(NC(=O)c3cc(C(F)(F)F)nn3-c3cccc(C#N)c3)c2)c1. The maximum atomic E-state index is 14.9. The van der Waals surface area contributed by atoms with Crippen LogP contribution in [0.25, 0.3) is 5.69 Å². The molecule has 0 bridgehead atoms. The lowest BCUT2D eigenvalue weighted by Crippen LogP contribution is -2.25. The minimum absolute atomic E-state index is 0.0812. The highest BCUT2D eigenvalue weighted by Crippen LogP contribution is 2.33. The normalized spacial score (nSPS) is 14.0. The number of nitrogens with one attached hydrogen (secondary N) is 2. The summed E-state index contributed by atoms with van der Waals surface area (Å²) in [5.41, 5.74) is 1.03. The second-order valence-electron chi connectivity index (χ2n) is 9.88. The van der Waals surface area contributed by atoms with Crippen molar-refractivity contribution in [2.45, 2.75) is 32.0 Å². The first-order valence-corrected chi connectivity index (χ1v) is 12.7. The van der Waals surface area contributed by atoms with E-state index >= 15 is 0 Å². The molecule has 1 unspecified atom stereocenters. The van der Waals surface area contributed by atoms with Crippen LogP contribution in [0.2, 0.25) is 0 Å². The second-order valence-corrected chi connectivity index (χ2v) is 9.88. The molecule has 1 atom stereocenters. The maximum Gasteiger partial charge on any atom is 0.435 e. The van der Waals surface area contributed by atoms with Crippen molar-refractivity contribution in [2.75, 3.05) is 11.9 Å². The molecule has 3 aromatic carbocycles. The van der Waals surface area contributed by atoms with Crippen LogP contribution in [0, 0.1) is 30.0 Å². The van der Waals surface area contributed by atoms with Gasteiger partial charge in [0, 0.05) is 6.07 Å². The van der Waals surface area contributed by atoms with Gasteiger partial charge in [-0.1, -0.05) is 42.0 Å². The summed E-state index contributed by atoms with van der Waals surface area (Å²) in [7, 11) is 0. The number of nitrogens with zero attached hydrogens (tertiary/aromatic N) is 3. The standard InChI is InChI=1S/C30H25F4N5O/c1-18-4-2-6-21(12-18)28(36-17-19-8-9-19)22-10-11-24(31)25(14-22)37-29(40)26-15-27(30(32,33)34)38-39(26)23-7-3-5-20(13-23)16-35/h2-7,10-15,19,28,36H,8-9,17H2,1H3,(H,37,40). The molecule has 1 aliphatic rings. The van der Waals surface area contributed by atoms with Gasteiger partial charge in [0.1, 0.15) is 11.5 Å². The van der Waals surface area contributed by atoms with Crippen LogP contribution in [0.3, 0.4) is 0 Å². The van der Waals surface area contributed by atoms with Gasteiger partial charge >= 0.3 is 6.18 Å². The van der Waals surface area contributed by atoms with Gasteiger partial charge in [0.05, 0.1) is 29.0 Å². The predicted molar refractivity (Wildman–Crippen MR) is 141 cm³/mol. The van der Waals surface area contributed by atoms with Gasteiger partial charge in [0.25, 0.3) is 5.91 Å². The van der Waals surface area contributed by atoms with E-state index < -0.39 is 29.3 Å². The highest BCUT2D eigenvalue weighted by Gasteiger charge is 2.36. The van der Waals surface area contributed by atoms with Crippen molar-refractivity contribution in [2.24, 2.45) is 5.92 Å². The topological polar surface area (TPSA) is 82.7 Å². The number of halogens is 4. The zero-order chi connectivity index (χ0) is 28.4. The van der Waals surface area contributed by atoms with Crippen LogP contribution in [-0.2, 0) is 6.18 Å². The van der Waals surface area contributed by atoms with Crippen LogP contribution in [0.5, 0.6) is 0 Å². The lowest BCUT2D eigenvalue weighted by atomic mass is 9.96. The number of carbonyl (C=O) groups excluding carboxylic acids is 1. The van der Waals surface area contributed by atoms with Crippen molar-refractivity contribution < 1.29 is 22.4 Å². The Morgan fingerprint density at radius 2 is 1.82 bits per heavy atom. The van der Waals surface area contributed by atoms with Crippen molar-refractivity contribution in [3.05, 3.63) is 112 Å². The van der Waals surface area contributed by atoms with Crippen LogP contribution in [0.15, 0.2) is 72.8 Å². The Balaban J connectivity index is 1.49. The molecular formula is C30H25F4N5O. The Bertz CT molecular complexity index is 1600. The number of anilines is 1. The molecule has 2 N–H and O–H groups in total. The van der Waals surface area contributed by atoms with Gasteiger partial charge in [0.2, 0.25) is 0 Å². The summed E-state index contributed by atoms with van der Waals surface area (Å²) in [5, 5.41) is 18.7. The Kier molecular flexibility index (Phi) is 7.41. The molecule has 1 aliphatic carbocycles. The zero-order valence-electron chi connectivity index (χ0n) is 21.5. The van der Waals surface area contributed by atoms with Crippen LogP contribution >= 0.6 is 0 Å². The van der Waals surface area contributed by atoms with E-state index in [4.69, 9.17) is 0 Å². The molecule has 4 aromatic rings. The van der Waals surface area contributed by atoms with E-state index in [1.165, 1.54) is 36.4 Å². The first-order chi connectivity index (χ1) is 19.1. The van der Waals surface area contributed by atoms with Gasteiger partial charge in [-0.3, -0.25) is 4.79 Å². The lowest BCUT2D eigenvalue weighted by Gasteiger charge is -2.21. The summed E-state index contributed by atoms with van der Waals surface area (Å²) in [6, 6.07) is 20.1. The van der Waals surface area contributed by atoms with Gasteiger partial charge in [-0.05, 0) is 73.7 Å². The largest absolute Gasteiger partial charge is 0.435 e. The molecule has 0 spiro atoms. The highest BCUT2D eigenvalue weighted by molar-refractivity contribution is 6.03. The molecule has 1 fully saturated rings. The van der Waals surface area contributed by atoms with E-state index in [2.05, 4.69) is 15.7 Å². The Morgan fingerprint density at radius 1 is 1.07 bits per heavy atom. The van der Waals surface area contributed by atoms with Gasteiger partial charge in [-0.15, -0.1) is 0 Å². The van der Waals surface area contributed by atoms with Crippen molar-refractivity contribution in [3.63, 3.8) is 0 Å². The number of nitriles is 1. The predicted octanol–water partition coefficient (Wildman–Crippen LogP) is 6.55. The highest BCUT2D eigenvalue weighted by atomic mass is 19.4. The molecule has 1 aromatic heterocycles. The minimum atomic E-state index is -4.83. The molecule has 0 saturated heterocycles. The number of amides is 1. The number of rotatable bonds is 8. The first kappa shape index (κ1) is 27.1. The van der Waals surface area contributed by atoms with E-state index in [1.807, 2.05) is 37.3 Å². The van der Waals surface area contributed by atoms with E-state index in [0.29, 0.717) is 17.5 Å². The van der Waals surface area contributed by atoms with Crippen LogP contribution in [0.1, 0.15) is 57.3 Å². The van der Waals surface area contributed by atoms with E-state index in [1.54, 1.807) is 6.07 Å². The van der Waals surface area contributed by atoms with Crippen LogP contribution in [0.4, 0.5) is 23.2 Å². The number of alkyl halides is 3. The van der Waals surface area contributed by atoms with Crippen molar-refractivity contribution in [1.29, 1.82) is 5.26 Å². The fourth-order valence-electron chi connectivity index (χ4n) is 4.47. The molecule has 6 nitrogen and oxygen atoms in total. The zero-order valence-corrected chi connectivity index (χ0v) is 21.5. The molecule has 5 rings (SSSR count). The average Bonchev–Trinajstić information content (AvgIpc) is 3.63. The third-order valence-electron chi connectivity index (χ3n) is 6.71. The fraction of sp³-hybridized carbons (Fsp3) is 0.233. The maximum absolute atomic E-state index is 14.9. The minimum Gasteiger partial charge on any atom is -0.318 e. The summed E-state index contributed by atoms with van der Waals surface area (Å²) in [6.45, 7) is 2.75. The molecule has 0 aliphatic heterocycles. The van der Waals surface area contributed by atoms with E-state index in [0.717, 1.165) is 35.2 Å². The third kappa shape index (κ3) is 6.05. The molecule has 10 heteroatoms. The number of benzene rings is 3. The quantitative estimate of drug-likeness (QED) is 0.245. The summed E-state index contributed by atoms with van der Waals surface area (Å²) in [6.07, 6.45) is -2.54. The van der Waals surface area contributed by atoms with Crippen molar-refractivity contribution in [3.8, 4) is 11.8 Å². The van der Waals surface area contributed by atoms with Crippen LogP contribution in [-0.4, -0.2) is 22.2 Å². The Hall–Kier alpha value is -4.49. The molecule has 204 valence electrons. The van der Waals surface area contributed by atoms with Gasteiger partial charge in [-0.25, -0.2) is 9.07 Å². The first-order valence-electron chi connectivity index (χ1n) is 12.7. The summed E-state index contributed by atoms with van der Waals surface area (Å²) < 4.78 is 56.3. The lowest BCUT2D eigenvalue weighted by molar-refractivity contribution is -0.141. The van der Waals surface area contributed by atoms with Crippen LogP contribution < -0.4 is 10.6 Å². The fourth-order valence-corrected chi connectivity index (χ4v) is 4.47. The molecule has 1 amide bonds. The van der Waals surface area contributed by atoms with Gasteiger partial charge in [0.15, 0.2) is 5.69 Å². The number of aryl methyl sites for hydroxylation is 1. The monoisotopic (exact) mass is 547 g/mol.